The van der Waals surface area contributed by atoms with Crippen LogP contribution in [0.4, 0.5) is 0 Å². The monoisotopic (exact) mass is 184 g/mol. The average Bonchev–Trinajstić information content (AvgIpc) is 1.41. The summed E-state index contributed by atoms with van der Waals surface area (Å²) in [6.45, 7) is 0. The van der Waals surface area contributed by atoms with Gasteiger partial charge in [0.05, 0.1) is 10.9 Å². The van der Waals surface area contributed by atoms with Crippen LogP contribution in [0.25, 0.3) is 0 Å². The molecule has 0 radical (unpaired) electrons. The van der Waals surface area contributed by atoms with E-state index in [-0.39, 0.29) is 0 Å². The number of nitrogens with two attached hydrogens (primary N) is 1. The van der Waals surface area contributed by atoms with Crippen LogP contribution in [-0.2, 0) is 0 Å². The highest BCUT2D eigenvalue weighted by Crippen LogP contribution is 1.75. The van der Waals surface area contributed by atoms with Crippen molar-refractivity contribution in [2.75, 3.05) is 4.55 Å². The Bertz CT molecular complexity index is 34.6. The fourth-order valence-electron chi connectivity index (χ4n) is 0.0398. The van der Waals surface area contributed by atoms with E-state index in [0.717, 1.165) is 4.55 Å². The summed E-state index contributed by atoms with van der Waals surface area (Å²) >= 11 is 2.11. The zero-order valence-electron chi connectivity index (χ0n) is 2.69. The van der Waals surface area contributed by atoms with Gasteiger partial charge < -0.3 is 5.73 Å². The number of hydrogen-bond donors (Lipinski definition) is 1. The highest BCUT2D eigenvalue weighted by molar-refractivity contribution is 14.1. The molecule has 0 atom stereocenters. The zero-order valence-corrected chi connectivity index (χ0v) is 4.84. The van der Waals surface area contributed by atoms with Crippen molar-refractivity contribution >= 4 is 28.9 Å². The van der Waals surface area contributed by atoms with Gasteiger partial charge in [-0.15, -0.1) is 0 Å². The van der Waals surface area contributed by atoms with Crippen molar-refractivity contribution in [3.8, 4) is 0 Å². The van der Waals surface area contributed by atoms with Gasteiger partial charge >= 0.3 is 0 Å². The molecule has 0 aromatic heterocycles. The van der Waals surface area contributed by atoms with Gasteiger partial charge in [-0.25, -0.2) is 0 Å². The van der Waals surface area contributed by atoms with E-state index in [1.54, 1.807) is 0 Å². The molecular weight excluding hydrogens is 179 g/mol. The summed E-state index contributed by atoms with van der Waals surface area (Å²) in [5.41, 5.74) is 4.84. The maximum Gasteiger partial charge on any atom is 0.0921 e. The predicted molar refractivity (Wildman–Crippen MR) is 31.6 cm³/mol. The third-order valence-electron chi connectivity index (χ3n) is 0.174. The Balaban J connectivity index is 2.62. The molecule has 0 spiro atoms. The highest BCUT2D eigenvalue weighted by atomic mass is 127. The third kappa shape index (κ3) is 4.20. The van der Waals surface area contributed by atoms with Gasteiger partial charge in [0, 0.05) is 0 Å². The van der Waals surface area contributed by atoms with Crippen molar-refractivity contribution < 1.29 is 0 Å². The summed E-state index contributed by atoms with van der Waals surface area (Å²) in [5.74, 6) is 0. The Kier molecular flexibility index (Phi) is 4.37. The van der Waals surface area contributed by atoms with Gasteiger partial charge in [0.25, 0.3) is 0 Å². The normalized spacial score (nSPS) is 9.80. The minimum atomic E-state index is 0.758. The molecule has 2 N–H and O–H groups in total. The van der Waals surface area contributed by atoms with E-state index in [1.165, 1.54) is 6.34 Å². The van der Waals surface area contributed by atoms with E-state index in [9.17, 15) is 0 Å². The maximum absolute atomic E-state index is 4.84. The van der Waals surface area contributed by atoms with Crippen LogP contribution < -0.4 is 5.73 Å². The summed E-state index contributed by atoms with van der Waals surface area (Å²) in [5, 5.41) is 0. The van der Waals surface area contributed by atoms with E-state index in [1.807, 2.05) is 0 Å². The fourth-order valence-corrected chi connectivity index (χ4v) is 0.267. The van der Waals surface area contributed by atoms with Crippen LogP contribution in [0.2, 0.25) is 0 Å². The smallest absolute Gasteiger partial charge is 0.0921 e. The number of nitrogens with zero attached hydrogens (tertiary/aromatic N) is 1. The van der Waals surface area contributed by atoms with Crippen molar-refractivity contribution in [2.45, 2.75) is 0 Å². The van der Waals surface area contributed by atoms with Gasteiger partial charge in [-0.2, -0.15) is 0 Å². The number of rotatable bonds is 1. The van der Waals surface area contributed by atoms with Crippen molar-refractivity contribution in [1.29, 1.82) is 0 Å². The lowest BCUT2D eigenvalue weighted by atomic mass is 11.3. The van der Waals surface area contributed by atoms with Crippen LogP contribution in [0.1, 0.15) is 0 Å². The van der Waals surface area contributed by atoms with E-state index in [2.05, 4.69) is 27.6 Å². The average molecular weight is 184 g/mol. The Morgan fingerprint density at radius 1 is 2.00 bits per heavy atom. The van der Waals surface area contributed by atoms with Crippen LogP contribution in [0.15, 0.2) is 4.99 Å². The third-order valence-corrected chi connectivity index (χ3v) is 0.568. The highest BCUT2D eigenvalue weighted by Gasteiger charge is 1.53. The van der Waals surface area contributed by atoms with Gasteiger partial charge in [-0.3, -0.25) is 4.99 Å². The van der Waals surface area contributed by atoms with E-state index in [0.29, 0.717) is 0 Å². The molecule has 5 heavy (non-hydrogen) atoms. The SMILES string of the molecule is NC=NCI. The first kappa shape index (κ1) is 5.20. The topological polar surface area (TPSA) is 38.4 Å². The van der Waals surface area contributed by atoms with Crippen molar-refractivity contribution in [3.05, 3.63) is 0 Å². The van der Waals surface area contributed by atoms with Crippen LogP contribution in [0.3, 0.4) is 0 Å². The first-order valence-corrected chi connectivity index (χ1v) is 2.70. The summed E-state index contributed by atoms with van der Waals surface area (Å²) in [6, 6.07) is 0. The molecule has 0 aromatic rings. The van der Waals surface area contributed by atoms with Crippen molar-refractivity contribution in [3.63, 3.8) is 0 Å². The maximum atomic E-state index is 4.84. The van der Waals surface area contributed by atoms with E-state index >= 15 is 0 Å². The molecule has 0 aromatic carbocycles. The largest absolute Gasteiger partial charge is 0.390 e. The molecule has 0 unspecified atom stereocenters. The quantitative estimate of drug-likeness (QED) is 0.206. The molecule has 0 saturated carbocycles. The number of halogens is 1. The summed E-state index contributed by atoms with van der Waals surface area (Å²) in [4.78, 5) is 3.61. The molecular formula is C2H5IN2. The second-order valence-electron chi connectivity index (χ2n) is 0.451. The Morgan fingerprint density at radius 3 is 2.60 bits per heavy atom. The molecule has 0 rings (SSSR count). The molecule has 0 fully saturated rings. The molecule has 0 amide bonds. The van der Waals surface area contributed by atoms with Gasteiger partial charge in [0.2, 0.25) is 0 Å². The summed E-state index contributed by atoms with van der Waals surface area (Å²) in [6.07, 6.45) is 1.30. The summed E-state index contributed by atoms with van der Waals surface area (Å²) in [7, 11) is 0. The zero-order chi connectivity index (χ0) is 4.12. The molecule has 0 bridgehead atoms. The van der Waals surface area contributed by atoms with Crippen molar-refractivity contribution in [2.24, 2.45) is 10.7 Å². The second-order valence-corrected chi connectivity index (χ2v) is 1.13. The number of alkyl halides is 1. The molecule has 0 aliphatic rings. The summed E-state index contributed by atoms with van der Waals surface area (Å²) < 4.78 is 0.758. The molecule has 3 heteroatoms. The Labute approximate surface area is 44.6 Å². The molecule has 30 valence electrons. The standard InChI is InChI=1S/C2H5IN2/c3-1-5-2-4/h2H,1H2,(H2,4,5). The molecule has 0 aliphatic heterocycles. The Hall–Kier alpha value is 0.200. The van der Waals surface area contributed by atoms with Crippen LogP contribution in [0.5, 0.6) is 0 Å². The second kappa shape index (κ2) is 4.20. The van der Waals surface area contributed by atoms with Gasteiger partial charge in [-0.05, 0) is 0 Å². The molecule has 0 heterocycles. The van der Waals surface area contributed by atoms with Gasteiger partial charge in [-0.1, -0.05) is 22.6 Å². The van der Waals surface area contributed by atoms with Crippen LogP contribution in [-0.4, -0.2) is 10.9 Å². The van der Waals surface area contributed by atoms with Crippen LogP contribution >= 0.6 is 22.6 Å². The lowest BCUT2D eigenvalue weighted by Gasteiger charge is -1.67. The van der Waals surface area contributed by atoms with Gasteiger partial charge in [0.15, 0.2) is 0 Å². The lowest BCUT2D eigenvalue weighted by Crippen LogP contribution is -1.86. The first-order valence-electron chi connectivity index (χ1n) is 1.18. The first-order chi connectivity index (χ1) is 2.41. The number of hydrogen-bond acceptors (Lipinski definition) is 1. The van der Waals surface area contributed by atoms with Crippen molar-refractivity contribution in [1.82, 2.24) is 0 Å². The molecule has 0 aliphatic carbocycles. The molecule has 2 nitrogen and oxygen atoms in total. The van der Waals surface area contributed by atoms with E-state index < -0.39 is 0 Å². The molecule has 0 saturated heterocycles. The van der Waals surface area contributed by atoms with E-state index in [4.69, 9.17) is 5.73 Å². The number of aliphatic imine (C=N–C) groups is 1. The fraction of sp³-hybridized carbons (Fsp3) is 0.500. The predicted octanol–water partition coefficient (Wildman–Crippen LogP) is 0.366. The van der Waals surface area contributed by atoms with Crippen LogP contribution in [0, 0.1) is 0 Å². The Morgan fingerprint density at radius 2 is 2.60 bits per heavy atom. The lowest BCUT2D eigenvalue weighted by molar-refractivity contribution is 1.42. The van der Waals surface area contributed by atoms with Gasteiger partial charge in [0.1, 0.15) is 0 Å². The minimum absolute atomic E-state index is 0.758. The minimum Gasteiger partial charge on any atom is -0.390 e.